The van der Waals surface area contributed by atoms with Gasteiger partial charge in [-0.05, 0) is 73.6 Å². The third-order valence-corrected chi connectivity index (χ3v) is 7.97. The number of aromatic nitrogens is 2. The number of nitrogen functional groups attached to an aromatic ring is 1. The van der Waals surface area contributed by atoms with E-state index >= 15 is 0 Å². The van der Waals surface area contributed by atoms with Crippen LogP contribution in [0.5, 0.6) is 0 Å². The molecular weight excluding hydrogens is 388 g/mol. The Kier molecular flexibility index (Phi) is 4.88. The highest BCUT2D eigenvalue weighted by molar-refractivity contribution is 7.89. The Morgan fingerprint density at radius 3 is 2.55 bits per heavy atom. The molecule has 2 aromatic carbocycles. The monoisotopic (exact) mass is 414 g/mol. The molecule has 0 aliphatic heterocycles. The molecule has 0 bridgehead atoms. The number of H-pyrrole nitrogens is 1. The number of aromatic amines is 1. The highest BCUT2D eigenvalue weighted by atomic mass is 32.2. The van der Waals surface area contributed by atoms with E-state index in [0.717, 1.165) is 39.6 Å². The summed E-state index contributed by atoms with van der Waals surface area (Å²) in [4.78, 5) is 0.238. The van der Waals surface area contributed by atoms with Crippen LogP contribution >= 0.6 is 0 Å². The predicted octanol–water partition coefficient (Wildman–Crippen LogP) is 2.96. The lowest BCUT2D eigenvalue weighted by Crippen LogP contribution is -2.41. The van der Waals surface area contributed by atoms with Crippen molar-refractivity contribution in [1.82, 2.24) is 14.5 Å². The quantitative estimate of drug-likeness (QED) is 0.608. The Bertz CT molecular complexity index is 1190. The van der Waals surface area contributed by atoms with Gasteiger partial charge in [0, 0.05) is 12.4 Å². The van der Waals surface area contributed by atoms with E-state index in [1.807, 2.05) is 32.0 Å². The Hall–Kier alpha value is -2.42. The molecule has 1 heterocycles. The molecule has 1 aromatic heterocycles. The van der Waals surface area contributed by atoms with Gasteiger partial charge in [0.25, 0.3) is 0 Å². The first-order valence-corrected chi connectivity index (χ1v) is 11.2. The Labute approximate surface area is 170 Å². The van der Waals surface area contributed by atoms with Crippen LogP contribution in [0.1, 0.15) is 30.4 Å². The van der Waals surface area contributed by atoms with E-state index in [4.69, 9.17) is 5.73 Å². The summed E-state index contributed by atoms with van der Waals surface area (Å²) in [6.45, 7) is 3.89. The molecule has 2 atom stereocenters. The van der Waals surface area contributed by atoms with Crippen LogP contribution in [0.4, 0.5) is 5.82 Å². The third-order valence-electron chi connectivity index (χ3n) is 6.09. The van der Waals surface area contributed by atoms with E-state index < -0.39 is 16.1 Å². The van der Waals surface area contributed by atoms with Gasteiger partial charge in [0.2, 0.25) is 10.0 Å². The molecule has 29 heavy (non-hydrogen) atoms. The molecule has 0 saturated heterocycles. The first-order valence-electron chi connectivity index (χ1n) is 9.72. The summed E-state index contributed by atoms with van der Waals surface area (Å²) < 4.78 is 27.5. The number of hydrogen-bond acceptors (Lipinski definition) is 5. The number of nitrogens with two attached hydrogens (primary N) is 1. The van der Waals surface area contributed by atoms with E-state index in [2.05, 4.69) is 10.2 Å². The van der Waals surface area contributed by atoms with Crippen molar-refractivity contribution >= 4 is 26.7 Å². The second kappa shape index (κ2) is 7.12. The largest absolute Gasteiger partial charge is 0.391 e. The number of benzene rings is 2. The van der Waals surface area contributed by atoms with Crippen molar-refractivity contribution in [2.24, 2.45) is 0 Å². The fourth-order valence-electron chi connectivity index (χ4n) is 4.39. The molecule has 4 rings (SSSR count). The van der Waals surface area contributed by atoms with Gasteiger partial charge in [0.05, 0.1) is 22.6 Å². The van der Waals surface area contributed by atoms with E-state index in [1.54, 1.807) is 19.2 Å². The minimum atomic E-state index is -3.68. The maximum atomic E-state index is 13.1. The van der Waals surface area contributed by atoms with Gasteiger partial charge < -0.3 is 10.8 Å². The van der Waals surface area contributed by atoms with Crippen LogP contribution in [0.3, 0.4) is 0 Å². The summed E-state index contributed by atoms with van der Waals surface area (Å²) in [6.07, 6.45) is 1.55. The molecule has 1 aliphatic carbocycles. The topological polar surface area (TPSA) is 112 Å². The molecule has 1 saturated carbocycles. The number of nitrogens with one attached hydrogen (secondary N) is 1. The van der Waals surface area contributed by atoms with Gasteiger partial charge in [-0.1, -0.05) is 12.1 Å². The number of anilines is 1. The summed E-state index contributed by atoms with van der Waals surface area (Å²) >= 11 is 0. The maximum Gasteiger partial charge on any atom is 0.243 e. The molecule has 154 valence electrons. The van der Waals surface area contributed by atoms with Crippen LogP contribution in [-0.2, 0) is 10.0 Å². The number of aryl methyl sites for hydroxylation is 2. The van der Waals surface area contributed by atoms with E-state index in [0.29, 0.717) is 18.7 Å². The fourth-order valence-corrected chi connectivity index (χ4v) is 5.89. The average molecular weight is 415 g/mol. The van der Waals surface area contributed by atoms with Crippen LogP contribution in [0.15, 0.2) is 35.2 Å². The number of sulfonamides is 1. The number of nitrogens with zero attached hydrogens (tertiary/aromatic N) is 2. The molecule has 1 fully saturated rings. The van der Waals surface area contributed by atoms with Gasteiger partial charge in [-0.2, -0.15) is 9.40 Å². The predicted molar refractivity (Wildman–Crippen MR) is 114 cm³/mol. The summed E-state index contributed by atoms with van der Waals surface area (Å²) in [5.41, 5.74) is 10.7. The lowest BCUT2D eigenvalue weighted by molar-refractivity contribution is 0.122. The minimum Gasteiger partial charge on any atom is -0.391 e. The fraction of sp³-hybridized carbons (Fsp3) is 0.381. The highest BCUT2D eigenvalue weighted by Gasteiger charge is 2.35. The summed E-state index contributed by atoms with van der Waals surface area (Å²) in [5, 5.41) is 18.0. The Balaban J connectivity index is 1.73. The van der Waals surface area contributed by atoms with Crippen molar-refractivity contribution in [1.29, 1.82) is 0 Å². The molecule has 3 aromatic rings. The number of likely N-dealkylation sites (N-methyl/N-ethyl adjacent to an activating group) is 1. The molecule has 8 heteroatoms. The van der Waals surface area contributed by atoms with Gasteiger partial charge in [-0.3, -0.25) is 5.10 Å². The van der Waals surface area contributed by atoms with Gasteiger partial charge in [-0.25, -0.2) is 8.42 Å². The van der Waals surface area contributed by atoms with Gasteiger partial charge >= 0.3 is 0 Å². The number of fused-ring (bicyclic) bond motifs is 1. The van der Waals surface area contributed by atoms with Crippen LogP contribution < -0.4 is 5.73 Å². The summed E-state index contributed by atoms with van der Waals surface area (Å²) in [6, 6.07) is 8.73. The molecule has 0 amide bonds. The minimum absolute atomic E-state index is 0.238. The van der Waals surface area contributed by atoms with Crippen LogP contribution in [0, 0.1) is 13.8 Å². The maximum absolute atomic E-state index is 13.1. The van der Waals surface area contributed by atoms with Crippen molar-refractivity contribution in [3.05, 3.63) is 41.5 Å². The lowest BCUT2D eigenvalue weighted by Gasteiger charge is -2.26. The average Bonchev–Trinajstić information content (AvgIpc) is 3.28. The lowest BCUT2D eigenvalue weighted by atomic mass is 9.94. The molecular formula is C21H26N4O3S. The molecule has 0 spiro atoms. The van der Waals surface area contributed by atoms with Gasteiger partial charge in [0.15, 0.2) is 5.82 Å². The smallest absolute Gasteiger partial charge is 0.243 e. The standard InChI is InChI=1S/C21H26N4O3S/c1-12-11-14(29(27,28)25(3)18-5-4-6-19(18)26)7-8-15(12)16-9-10-17-20(13(16)2)21(22)24-23-17/h7-11,18-19,26H,4-6H2,1-3H3,(H3,22,23,24)/t18-,19+/m1/s1. The second-order valence-electron chi connectivity index (χ2n) is 7.83. The van der Waals surface area contributed by atoms with Crippen molar-refractivity contribution in [3.8, 4) is 11.1 Å². The molecule has 4 N–H and O–H groups in total. The normalized spacial score (nSPS) is 20.0. The van der Waals surface area contributed by atoms with Crippen molar-refractivity contribution in [2.75, 3.05) is 12.8 Å². The number of rotatable bonds is 4. The molecule has 0 radical (unpaired) electrons. The van der Waals surface area contributed by atoms with E-state index in [9.17, 15) is 13.5 Å². The van der Waals surface area contributed by atoms with Crippen LogP contribution in [0.25, 0.3) is 22.0 Å². The highest BCUT2D eigenvalue weighted by Crippen LogP contribution is 2.35. The Morgan fingerprint density at radius 1 is 1.17 bits per heavy atom. The zero-order valence-corrected chi connectivity index (χ0v) is 17.6. The summed E-state index contributed by atoms with van der Waals surface area (Å²) in [5.74, 6) is 0.452. The summed E-state index contributed by atoms with van der Waals surface area (Å²) in [7, 11) is -2.13. The van der Waals surface area contributed by atoms with E-state index in [1.165, 1.54) is 4.31 Å². The van der Waals surface area contributed by atoms with Crippen LogP contribution in [0.2, 0.25) is 0 Å². The molecule has 1 aliphatic rings. The number of aliphatic hydroxyl groups excluding tert-OH is 1. The second-order valence-corrected chi connectivity index (χ2v) is 9.83. The van der Waals surface area contributed by atoms with Crippen molar-refractivity contribution in [3.63, 3.8) is 0 Å². The number of aliphatic hydroxyl groups is 1. The van der Waals surface area contributed by atoms with Crippen LogP contribution in [-0.4, -0.2) is 47.2 Å². The van der Waals surface area contributed by atoms with Gasteiger partial charge in [-0.15, -0.1) is 0 Å². The molecule has 0 unspecified atom stereocenters. The van der Waals surface area contributed by atoms with Gasteiger partial charge in [0.1, 0.15) is 0 Å². The Morgan fingerprint density at radius 2 is 1.90 bits per heavy atom. The van der Waals surface area contributed by atoms with Crippen molar-refractivity contribution < 1.29 is 13.5 Å². The zero-order valence-electron chi connectivity index (χ0n) is 16.8. The molecule has 7 nitrogen and oxygen atoms in total. The first-order chi connectivity index (χ1) is 13.7. The zero-order chi connectivity index (χ0) is 20.9. The van der Waals surface area contributed by atoms with Crippen molar-refractivity contribution in [2.45, 2.75) is 50.2 Å². The number of hydrogen-bond donors (Lipinski definition) is 3. The first kappa shape index (κ1) is 19.9. The SMILES string of the molecule is Cc1cc(S(=O)(=O)N(C)[C@@H]2CCC[C@@H]2O)ccc1-c1ccc2[nH]nc(N)c2c1C. The van der Waals surface area contributed by atoms with E-state index in [-0.39, 0.29) is 10.9 Å². The third kappa shape index (κ3) is 3.21.